The minimum atomic E-state index is -0.969. The van der Waals surface area contributed by atoms with Crippen LogP contribution in [0.25, 0.3) is 20.7 Å². The first-order valence-electron chi connectivity index (χ1n) is 6.71. The van der Waals surface area contributed by atoms with E-state index in [2.05, 4.69) is 9.97 Å². The summed E-state index contributed by atoms with van der Waals surface area (Å²) in [4.78, 5) is 33.0. The predicted molar refractivity (Wildman–Crippen MR) is 88.6 cm³/mol. The molecular formula is C14H12N2O6S2. The van der Waals surface area contributed by atoms with E-state index in [1.165, 1.54) is 36.9 Å². The lowest BCUT2D eigenvalue weighted by molar-refractivity contribution is -0.137. The van der Waals surface area contributed by atoms with E-state index in [4.69, 9.17) is 19.7 Å². The monoisotopic (exact) mass is 368 g/mol. The quantitative estimate of drug-likeness (QED) is 0.679. The largest absolute Gasteiger partial charge is 0.493 e. The number of nitrogens with zero attached hydrogens (tertiary/aromatic N) is 2. The summed E-state index contributed by atoms with van der Waals surface area (Å²) in [5.41, 5.74) is 0.939. The second kappa shape index (κ2) is 6.21. The van der Waals surface area contributed by atoms with Gasteiger partial charge < -0.3 is 19.7 Å². The Kier molecular flexibility index (Phi) is 4.24. The van der Waals surface area contributed by atoms with Gasteiger partial charge in [0, 0.05) is 0 Å². The number of hydrogen-bond acceptors (Lipinski definition) is 8. The Balaban J connectivity index is 2.24. The topological polar surface area (TPSA) is 119 Å². The zero-order chi connectivity index (χ0) is 17.4. The maximum absolute atomic E-state index is 11.0. The third kappa shape index (κ3) is 2.74. The van der Waals surface area contributed by atoms with Crippen LogP contribution in [0.15, 0.2) is 0 Å². The van der Waals surface area contributed by atoms with E-state index < -0.39 is 11.9 Å². The molecule has 0 aliphatic rings. The van der Waals surface area contributed by atoms with Crippen LogP contribution in [0.2, 0.25) is 0 Å². The number of carboxylic acids is 2. The molecule has 3 heterocycles. The van der Waals surface area contributed by atoms with Gasteiger partial charge in [0.1, 0.15) is 20.7 Å². The molecule has 8 nitrogen and oxygen atoms in total. The number of fused-ring (bicyclic) bond motifs is 2. The highest BCUT2D eigenvalue weighted by Gasteiger charge is 2.23. The lowest BCUT2D eigenvalue weighted by Crippen LogP contribution is -1.99. The molecule has 0 amide bonds. The summed E-state index contributed by atoms with van der Waals surface area (Å²) in [5.74, 6) is -1.16. The standard InChI is InChI=1S/C14H12N2O6S2/c1-21-11-5(3-7(17)18)23-13-9(11)15-14-10(16-13)12(22-2)6(24-14)4-8(19)20/h3-4H2,1-2H3,(H,17,18)(H,19,20). The van der Waals surface area contributed by atoms with Gasteiger partial charge in [0.05, 0.1) is 36.8 Å². The number of thiophene rings is 2. The molecule has 126 valence electrons. The van der Waals surface area contributed by atoms with E-state index in [1.54, 1.807) is 0 Å². The number of carboxylic acid groups (broad SMARTS) is 2. The van der Waals surface area contributed by atoms with Gasteiger partial charge in [-0.15, -0.1) is 22.7 Å². The Morgan fingerprint density at radius 2 is 1.25 bits per heavy atom. The van der Waals surface area contributed by atoms with Crippen LogP contribution in [0, 0.1) is 0 Å². The summed E-state index contributed by atoms with van der Waals surface area (Å²) in [6.07, 6.45) is -0.359. The van der Waals surface area contributed by atoms with Crippen molar-refractivity contribution in [2.45, 2.75) is 12.8 Å². The van der Waals surface area contributed by atoms with Crippen molar-refractivity contribution in [3.8, 4) is 11.5 Å². The normalized spacial score (nSPS) is 11.1. The zero-order valence-corrected chi connectivity index (χ0v) is 14.3. The molecule has 0 unspecified atom stereocenters. The number of hydrogen-bond donors (Lipinski definition) is 2. The molecule has 3 aromatic heterocycles. The van der Waals surface area contributed by atoms with Crippen LogP contribution in [-0.4, -0.2) is 46.3 Å². The van der Waals surface area contributed by atoms with E-state index in [9.17, 15) is 9.59 Å². The van der Waals surface area contributed by atoms with Crippen molar-refractivity contribution in [1.82, 2.24) is 9.97 Å². The van der Waals surface area contributed by atoms with Gasteiger partial charge in [-0.05, 0) is 0 Å². The Labute approximate surface area is 143 Å². The van der Waals surface area contributed by atoms with Gasteiger partial charge in [-0.2, -0.15) is 0 Å². The van der Waals surface area contributed by atoms with Crippen molar-refractivity contribution >= 4 is 55.3 Å². The number of methoxy groups -OCH3 is 2. The average Bonchev–Trinajstić information content (AvgIpc) is 2.99. The van der Waals surface area contributed by atoms with Crippen LogP contribution >= 0.6 is 22.7 Å². The number of aromatic nitrogens is 2. The van der Waals surface area contributed by atoms with Crippen molar-refractivity contribution < 1.29 is 29.3 Å². The predicted octanol–water partition coefficient (Wildman–Crippen LogP) is 2.18. The number of carbonyl (C=O) groups is 2. The molecule has 0 fully saturated rings. The molecule has 0 bridgehead atoms. The van der Waals surface area contributed by atoms with Crippen molar-refractivity contribution in [2.75, 3.05) is 14.2 Å². The van der Waals surface area contributed by atoms with Crippen molar-refractivity contribution in [3.63, 3.8) is 0 Å². The molecule has 0 aliphatic carbocycles. The highest BCUT2D eigenvalue weighted by Crippen LogP contribution is 2.41. The first kappa shape index (κ1) is 16.4. The Morgan fingerprint density at radius 1 is 0.875 bits per heavy atom. The average molecular weight is 368 g/mol. The molecule has 3 aromatic rings. The van der Waals surface area contributed by atoms with E-state index in [0.29, 0.717) is 41.9 Å². The lowest BCUT2D eigenvalue weighted by Gasteiger charge is -2.00. The summed E-state index contributed by atoms with van der Waals surface area (Å²) in [6, 6.07) is 0. The van der Waals surface area contributed by atoms with Gasteiger partial charge in [0.15, 0.2) is 11.5 Å². The zero-order valence-electron chi connectivity index (χ0n) is 12.7. The van der Waals surface area contributed by atoms with Crippen molar-refractivity contribution in [1.29, 1.82) is 0 Å². The maximum atomic E-state index is 11.0. The molecule has 0 spiro atoms. The Bertz CT molecular complexity index is 883. The fraction of sp³-hybridized carbons (Fsp3) is 0.286. The van der Waals surface area contributed by atoms with Crippen LogP contribution in [0.3, 0.4) is 0 Å². The molecule has 0 aliphatic heterocycles. The van der Waals surface area contributed by atoms with Crippen molar-refractivity contribution in [3.05, 3.63) is 9.75 Å². The van der Waals surface area contributed by atoms with Crippen LogP contribution in [0.5, 0.6) is 11.5 Å². The third-order valence-electron chi connectivity index (χ3n) is 3.24. The highest BCUT2D eigenvalue weighted by molar-refractivity contribution is 7.20. The summed E-state index contributed by atoms with van der Waals surface area (Å²) in [7, 11) is 2.90. The molecule has 10 heteroatoms. The smallest absolute Gasteiger partial charge is 0.308 e. The SMILES string of the molecule is COc1c(CC(=O)O)sc2nc3c(OC)c(CC(=O)O)sc3nc12. The van der Waals surface area contributed by atoms with Gasteiger partial charge in [-0.1, -0.05) is 0 Å². The van der Waals surface area contributed by atoms with Gasteiger partial charge in [-0.3, -0.25) is 9.59 Å². The van der Waals surface area contributed by atoms with E-state index in [-0.39, 0.29) is 12.8 Å². The highest BCUT2D eigenvalue weighted by atomic mass is 32.1. The van der Waals surface area contributed by atoms with E-state index in [1.807, 2.05) is 0 Å². The summed E-state index contributed by atoms with van der Waals surface area (Å²) in [6.45, 7) is 0. The number of ether oxygens (including phenoxy) is 2. The Morgan fingerprint density at radius 3 is 1.54 bits per heavy atom. The van der Waals surface area contributed by atoms with E-state index >= 15 is 0 Å². The van der Waals surface area contributed by atoms with Crippen molar-refractivity contribution in [2.24, 2.45) is 0 Å². The summed E-state index contributed by atoms with van der Waals surface area (Å²) >= 11 is 2.37. The molecule has 0 saturated carbocycles. The summed E-state index contributed by atoms with van der Waals surface area (Å²) in [5, 5.41) is 18.0. The molecule has 0 aromatic carbocycles. The Hall–Kier alpha value is -2.46. The van der Waals surface area contributed by atoms with E-state index in [0.717, 1.165) is 0 Å². The molecule has 0 radical (unpaired) electrons. The molecule has 0 saturated heterocycles. The molecular weight excluding hydrogens is 356 g/mol. The molecule has 0 atom stereocenters. The van der Waals surface area contributed by atoms with Crippen LogP contribution in [-0.2, 0) is 22.4 Å². The maximum Gasteiger partial charge on any atom is 0.308 e. The van der Waals surface area contributed by atoms with Crippen LogP contribution in [0.1, 0.15) is 9.75 Å². The van der Waals surface area contributed by atoms with Gasteiger partial charge in [0.2, 0.25) is 0 Å². The van der Waals surface area contributed by atoms with Crippen LogP contribution < -0.4 is 9.47 Å². The first-order chi connectivity index (χ1) is 11.4. The first-order valence-corrected chi connectivity index (χ1v) is 8.34. The van der Waals surface area contributed by atoms with Crippen LogP contribution in [0.4, 0.5) is 0 Å². The lowest BCUT2D eigenvalue weighted by atomic mass is 10.3. The fourth-order valence-corrected chi connectivity index (χ4v) is 4.51. The minimum absolute atomic E-state index is 0.180. The van der Waals surface area contributed by atoms with Gasteiger partial charge in [-0.25, -0.2) is 9.97 Å². The number of rotatable bonds is 6. The third-order valence-corrected chi connectivity index (χ3v) is 5.35. The molecule has 3 rings (SSSR count). The molecule has 2 N–H and O–H groups in total. The minimum Gasteiger partial charge on any atom is -0.493 e. The molecule has 24 heavy (non-hydrogen) atoms. The second-order valence-corrected chi connectivity index (χ2v) is 6.96. The van der Waals surface area contributed by atoms with Gasteiger partial charge >= 0.3 is 11.9 Å². The summed E-state index contributed by atoms with van der Waals surface area (Å²) < 4.78 is 10.6. The van der Waals surface area contributed by atoms with Gasteiger partial charge in [0.25, 0.3) is 0 Å². The number of aliphatic carboxylic acids is 2. The fourth-order valence-electron chi connectivity index (χ4n) is 2.36. The second-order valence-electron chi connectivity index (χ2n) is 4.79.